The first-order valence-electron chi connectivity index (χ1n) is 3.50. The maximum absolute atomic E-state index is 9.54. The van der Waals surface area contributed by atoms with Gasteiger partial charge in [0.15, 0.2) is 0 Å². The first-order chi connectivity index (χ1) is 4.36. The predicted octanol–water partition coefficient (Wildman–Crippen LogP) is 2.09. The molecule has 0 rings (SSSR count). The highest BCUT2D eigenvalue weighted by atomic mass is 31.2. The van der Waals surface area contributed by atoms with E-state index in [1.165, 1.54) is 0 Å². The van der Waals surface area contributed by atoms with Gasteiger partial charge in [0.25, 0.3) is 0 Å². The maximum Gasteiger partial charge on any atom is 0.117 e. The molecule has 62 valence electrons. The van der Waals surface area contributed by atoms with Crippen LogP contribution in [0.1, 0.15) is 27.7 Å². The molecule has 1 unspecified atom stereocenters. The Morgan fingerprint density at radius 1 is 1.30 bits per heavy atom. The first kappa shape index (κ1) is 10.2. The van der Waals surface area contributed by atoms with Gasteiger partial charge in [-0.1, -0.05) is 20.1 Å². The molecule has 0 fully saturated rings. The second-order valence-electron chi connectivity index (χ2n) is 3.00. The Labute approximate surface area is 63.4 Å². The Morgan fingerprint density at radius 2 is 1.70 bits per heavy atom. The zero-order valence-corrected chi connectivity index (χ0v) is 8.06. The average Bonchev–Trinajstić information content (AvgIpc) is 1.60. The topological polar surface area (TPSA) is 29.5 Å². The maximum atomic E-state index is 9.54. The number of rotatable bonds is 3. The molecule has 0 amide bonds. The van der Waals surface area contributed by atoms with Crippen molar-refractivity contribution in [2.45, 2.75) is 39.5 Å². The summed E-state index contributed by atoms with van der Waals surface area (Å²) in [5.41, 5.74) is 0.134. The van der Waals surface area contributed by atoms with Crippen LogP contribution in [-0.2, 0) is 4.52 Å². The molecule has 0 aromatic heterocycles. The monoisotopic (exact) mass is 164 g/mol. The van der Waals surface area contributed by atoms with Gasteiger partial charge in [-0.2, -0.15) is 0 Å². The molecule has 0 aliphatic carbocycles. The largest absolute Gasteiger partial charge is 0.353 e. The van der Waals surface area contributed by atoms with E-state index in [9.17, 15) is 4.89 Å². The fourth-order valence-electron chi connectivity index (χ4n) is 0.487. The molecule has 0 saturated heterocycles. The molecule has 0 aromatic carbocycles. The normalized spacial score (nSPS) is 17.9. The van der Waals surface area contributed by atoms with Crippen LogP contribution in [-0.4, -0.2) is 23.0 Å². The van der Waals surface area contributed by atoms with Gasteiger partial charge in [0.1, 0.15) is 7.34 Å². The Hall–Kier alpha value is 0.220. The molecular formula is C7H17O2P. The summed E-state index contributed by atoms with van der Waals surface area (Å²) in [6.07, 6.45) is 3.72. The molecule has 1 atom stereocenters. The summed E-state index contributed by atoms with van der Waals surface area (Å²) in [5, 5.41) is 0. The van der Waals surface area contributed by atoms with Crippen LogP contribution in [0.15, 0.2) is 0 Å². The molecule has 0 bridgehead atoms. The van der Waals surface area contributed by atoms with Crippen LogP contribution in [0, 0.1) is 0 Å². The smallest absolute Gasteiger partial charge is 0.117 e. The SMILES string of the molecule is C=P(O)(OC(C)C)C(C)C. The second kappa shape index (κ2) is 3.56. The van der Waals surface area contributed by atoms with Crippen LogP contribution in [0.3, 0.4) is 0 Å². The Bertz CT molecular complexity index is 141. The highest BCUT2D eigenvalue weighted by molar-refractivity contribution is 7.64. The summed E-state index contributed by atoms with van der Waals surface area (Å²) in [5.74, 6) is 0. The van der Waals surface area contributed by atoms with E-state index >= 15 is 0 Å². The molecule has 0 aromatic rings. The highest BCUT2D eigenvalue weighted by Gasteiger charge is 2.16. The zero-order valence-electron chi connectivity index (χ0n) is 7.16. The van der Waals surface area contributed by atoms with Crippen LogP contribution >= 0.6 is 7.34 Å². The van der Waals surface area contributed by atoms with Gasteiger partial charge in [0.05, 0.1) is 6.10 Å². The van der Waals surface area contributed by atoms with E-state index < -0.39 is 7.34 Å². The van der Waals surface area contributed by atoms with E-state index in [1.807, 2.05) is 27.7 Å². The van der Waals surface area contributed by atoms with Crippen LogP contribution in [0.2, 0.25) is 0 Å². The van der Waals surface area contributed by atoms with E-state index in [-0.39, 0.29) is 11.8 Å². The number of hydrogen-bond acceptors (Lipinski definition) is 2. The van der Waals surface area contributed by atoms with Gasteiger partial charge in [0.2, 0.25) is 0 Å². The average molecular weight is 164 g/mol. The summed E-state index contributed by atoms with van der Waals surface area (Å²) < 4.78 is 5.25. The van der Waals surface area contributed by atoms with Crippen molar-refractivity contribution in [1.82, 2.24) is 0 Å². The van der Waals surface area contributed by atoms with Crippen molar-refractivity contribution in [1.29, 1.82) is 0 Å². The third-order valence-electron chi connectivity index (χ3n) is 1.20. The van der Waals surface area contributed by atoms with E-state index in [0.717, 1.165) is 0 Å². The standard InChI is InChI=1S/C7H17O2P/c1-6(2)9-10(5,8)7(3)4/h6-8H,5H2,1-4H3. The zero-order chi connectivity index (χ0) is 8.36. The second-order valence-corrected chi connectivity index (χ2v) is 5.76. The lowest BCUT2D eigenvalue weighted by atomic mass is 10.5. The van der Waals surface area contributed by atoms with Gasteiger partial charge in [0, 0.05) is 5.66 Å². The minimum atomic E-state index is -2.32. The van der Waals surface area contributed by atoms with Crippen molar-refractivity contribution in [2.24, 2.45) is 0 Å². The van der Waals surface area contributed by atoms with Crippen molar-refractivity contribution in [2.75, 3.05) is 0 Å². The van der Waals surface area contributed by atoms with Gasteiger partial charge < -0.3 is 9.42 Å². The van der Waals surface area contributed by atoms with Gasteiger partial charge in [-0.15, -0.1) is 0 Å². The fraction of sp³-hybridized carbons (Fsp3) is 0.857. The van der Waals surface area contributed by atoms with Crippen LogP contribution in [0.25, 0.3) is 0 Å². The fourth-order valence-corrected chi connectivity index (χ4v) is 1.46. The lowest BCUT2D eigenvalue weighted by Crippen LogP contribution is -2.07. The van der Waals surface area contributed by atoms with Crippen LogP contribution < -0.4 is 0 Å². The summed E-state index contributed by atoms with van der Waals surface area (Å²) in [7, 11) is -2.32. The molecular weight excluding hydrogens is 147 g/mol. The molecule has 0 radical (unpaired) electrons. The van der Waals surface area contributed by atoms with Crippen molar-refractivity contribution in [3.8, 4) is 0 Å². The third kappa shape index (κ3) is 3.40. The predicted molar refractivity (Wildman–Crippen MR) is 47.6 cm³/mol. The van der Waals surface area contributed by atoms with E-state index in [0.29, 0.717) is 0 Å². The number of hydrogen-bond donors (Lipinski definition) is 1. The van der Waals surface area contributed by atoms with Gasteiger partial charge >= 0.3 is 0 Å². The summed E-state index contributed by atoms with van der Waals surface area (Å²) in [6, 6.07) is 0. The molecule has 2 nitrogen and oxygen atoms in total. The van der Waals surface area contributed by atoms with Crippen molar-refractivity contribution < 1.29 is 9.42 Å². The van der Waals surface area contributed by atoms with Crippen LogP contribution in [0.5, 0.6) is 0 Å². The van der Waals surface area contributed by atoms with Gasteiger partial charge in [-0.25, -0.2) is 0 Å². The summed E-state index contributed by atoms with van der Waals surface area (Å²) in [6.45, 7) is 7.64. The molecule has 3 heteroatoms. The molecule has 0 aliphatic heterocycles. The lowest BCUT2D eigenvalue weighted by molar-refractivity contribution is 0.234. The Kier molecular flexibility index (Phi) is 3.64. The molecule has 0 saturated carbocycles. The molecule has 0 spiro atoms. The molecule has 0 heterocycles. The van der Waals surface area contributed by atoms with E-state index in [1.54, 1.807) is 0 Å². The molecule has 1 N–H and O–H groups in total. The Morgan fingerprint density at radius 3 is 1.80 bits per heavy atom. The summed E-state index contributed by atoms with van der Waals surface area (Å²) >= 11 is 0. The quantitative estimate of drug-likeness (QED) is 0.647. The first-order valence-corrected chi connectivity index (χ1v) is 5.42. The van der Waals surface area contributed by atoms with Crippen molar-refractivity contribution in [3.63, 3.8) is 0 Å². The van der Waals surface area contributed by atoms with Crippen molar-refractivity contribution in [3.05, 3.63) is 0 Å². The van der Waals surface area contributed by atoms with Crippen molar-refractivity contribution >= 4 is 13.6 Å². The highest BCUT2D eigenvalue weighted by Crippen LogP contribution is 2.47. The minimum Gasteiger partial charge on any atom is -0.353 e. The van der Waals surface area contributed by atoms with E-state index in [4.69, 9.17) is 4.52 Å². The third-order valence-corrected chi connectivity index (χ3v) is 3.60. The molecule has 0 aliphatic rings. The van der Waals surface area contributed by atoms with Crippen LogP contribution in [0.4, 0.5) is 0 Å². The lowest BCUT2D eigenvalue weighted by Gasteiger charge is -2.24. The van der Waals surface area contributed by atoms with Gasteiger partial charge in [-0.3, -0.25) is 0 Å². The Balaban J connectivity index is 4.01. The summed E-state index contributed by atoms with van der Waals surface area (Å²) in [4.78, 5) is 9.54. The molecule has 10 heavy (non-hydrogen) atoms. The minimum absolute atomic E-state index is 0.0678. The van der Waals surface area contributed by atoms with E-state index in [2.05, 4.69) is 6.30 Å². The van der Waals surface area contributed by atoms with Gasteiger partial charge in [-0.05, 0) is 13.8 Å².